The van der Waals surface area contributed by atoms with Gasteiger partial charge >= 0.3 is 0 Å². The Hall–Kier alpha value is -2.96. The number of H-pyrrole nitrogens is 1. The van der Waals surface area contributed by atoms with Crippen LogP contribution in [0.25, 0.3) is 11.4 Å². The van der Waals surface area contributed by atoms with Gasteiger partial charge in [-0.2, -0.15) is 9.40 Å². The molecule has 0 radical (unpaired) electrons. The maximum Gasteiger partial charge on any atom is 0.246 e. The Morgan fingerprint density at radius 1 is 1.09 bits per heavy atom. The zero-order chi connectivity index (χ0) is 23.8. The van der Waals surface area contributed by atoms with E-state index in [-0.39, 0.29) is 38.6 Å². The molecule has 0 unspecified atom stereocenters. The van der Waals surface area contributed by atoms with Gasteiger partial charge in [-0.3, -0.25) is 14.5 Å². The third-order valence-electron chi connectivity index (χ3n) is 5.46. The van der Waals surface area contributed by atoms with Crippen LogP contribution in [0.3, 0.4) is 0 Å². The molecule has 0 spiro atoms. The van der Waals surface area contributed by atoms with Crippen LogP contribution in [-0.4, -0.2) is 64.5 Å². The van der Waals surface area contributed by atoms with Gasteiger partial charge in [0.25, 0.3) is 0 Å². The summed E-state index contributed by atoms with van der Waals surface area (Å²) in [4.78, 5) is 13.9. The van der Waals surface area contributed by atoms with Gasteiger partial charge in [0.05, 0.1) is 0 Å². The number of rotatable bonds is 5. The lowest BCUT2D eigenvalue weighted by molar-refractivity contribution is -0.133. The normalized spacial score (nSPS) is 15.1. The molecule has 4 rings (SSSR count). The third kappa shape index (κ3) is 4.72. The molecule has 1 saturated heterocycles. The lowest BCUT2D eigenvalue weighted by atomic mass is 10.1. The summed E-state index contributed by atoms with van der Waals surface area (Å²) in [6.45, 7) is 2.16. The maximum absolute atomic E-state index is 14.0. The van der Waals surface area contributed by atoms with Gasteiger partial charge < -0.3 is 4.90 Å². The monoisotopic (exact) mass is 493 g/mol. The predicted molar refractivity (Wildman–Crippen MR) is 119 cm³/mol. The molecule has 0 atom stereocenters. The Bertz CT molecular complexity index is 1340. The molecule has 1 aliphatic rings. The zero-order valence-corrected chi connectivity index (χ0v) is 19.3. The minimum atomic E-state index is -4.14. The van der Waals surface area contributed by atoms with E-state index in [1.165, 1.54) is 4.90 Å². The van der Waals surface area contributed by atoms with Crippen LogP contribution in [0.1, 0.15) is 5.56 Å². The number of sulfonamides is 1. The van der Waals surface area contributed by atoms with Gasteiger partial charge in [-0.25, -0.2) is 17.2 Å². The molecule has 12 heteroatoms. The Morgan fingerprint density at radius 3 is 2.39 bits per heavy atom. The summed E-state index contributed by atoms with van der Waals surface area (Å²) in [5.74, 6) is -1.72. The summed E-state index contributed by atoms with van der Waals surface area (Å²) in [6, 6.07) is 9.98. The van der Waals surface area contributed by atoms with Gasteiger partial charge in [0.2, 0.25) is 15.9 Å². The fourth-order valence-corrected chi connectivity index (χ4v) is 5.29. The van der Waals surface area contributed by atoms with Crippen LogP contribution in [-0.2, 0) is 21.4 Å². The summed E-state index contributed by atoms with van der Waals surface area (Å²) in [6.07, 6.45) is 0. The number of hydrogen-bond acceptors (Lipinski definition) is 5. The number of aryl methyl sites for hydroxylation is 1. The number of aromatic nitrogens is 3. The Labute approximate surface area is 194 Å². The molecule has 0 aliphatic carbocycles. The number of aromatic amines is 1. The molecular formula is C21H21F2N5O3S2. The fraction of sp³-hybridized carbons (Fsp3) is 0.286. The van der Waals surface area contributed by atoms with Crippen molar-refractivity contribution in [3.63, 3.8) is 0 Å². The largest absolute Gasteiger partial charge is 0.338 e. The fourth-order valence-electron chi connectivity index (χ4n) is 3.62. The lowest BCUT2D eigenvalue weighted by Gasteiger charge is -2.34. The molecule has 3 aromatic rings. The Kier molecular flexibility index (Phi) is 6.41. The highest BCUT2D eigenvalue weighted by Crippen LogP contribution is 2.22. The van der Waals surface area contributed by atoms with Crippen molar-refractivity contribution in [2.24, 2.45) is 0 Å². The number of halogens is 2. The maximum atomic E-state index is 14.0. The van der Waals surface area contributed by atoms with Crippen molar-refractivity contribution in [1.29, 1.82) is 0 Å². The number of benzene rings is 2. The molecule has 2 aromatic carbocycles. The van der Waals surface area contributed by atoms with Crippen LogP contribution in [0, 0.1) is 23.3 Å². The topological polar surface area (TPSA) is 91.3 Å². The first-order valence-corrected chi connectivity index (χ1v) is 12.0. The number of nitrogens with one attached hydrogen (secondary N) is 1. The van der Waals surface area contributed by atoms with Crippen molar-refractivity contribution in [2.75, 3.05) is 26.2 Å². The third-order valence-corrected chi connectivity index (χ3v) is 7.71. The van der Waals surface area contributed by atoms with E-state index >= 15 is 0 Å². The highest BCUT2D eigenvalue weighted by molar-refractivity contribution is 7.89. The second-order valence-corrected chi connectivity index (χ2v) is 9.96. The summed E-state index contributed by atoms with van der Waals surface area (Å²) >= 11 is 5.29. The molecule has 33 heavy (non-hydrogen) atoms. The standard InChI is InChI=1S/C21H21F2N5O3S2/c1-14-2-4-15(5-3-14)20-24-25-21(32)28(20)13-19(29)26-8-10-27(11-9-26)33(30,31)18-7-6-16(22)12-17(18)23/h2-7,12H,8-11,13H2,1H3,(H,25,32). The summed E-state index contributed by atoms with van der Waals surface area (Å²) < 4.78 is 55.7. The molecule has 0 bridgehead atoms. The highest BCUT2D eigenvalue weighted by atomic mass is 32.2. The lowest BCUT2D eigenvalue weighted by Crippen LogP contribution is -2.51. The van der Waals surface area contributed by atoms with Crippen molar-refractivity contribution in [3.05, 3.63) is 64.4 Å². The number of amides is 1. The van der Waals surface area contributed by atoms with Gasteiger partial charge in [0.15, 0.2) is 10.6 Å². The zero-order valence-electron chi connectivity index (χ0n) is 17.7. The summed E-state index contributed by atoms with van der Waals surface area (Å²) in [5.41, 5.74) is 1.89. The molecule has 174 valence electrons. The van der Waals surface area contributed by atoms with Crippen LogP contribution in [0.2, 0.25) is 0 Å². The SMILES string of the molecule is Cc1ccc(-c2n[nH]c(=S)n2CC(=O)N2CCN(S(=O)(=O)c3ccc(F)cc3F)CC2)cc1. The quantitative estimate of drug-likeness (QED) is 0.552. The first-order chi connectivity index (χ1) is 15.7. The van der Waals surface area contributed by atoms with Crippen molar-refractivity contribution in [2.45, 2.75) is 18.4 Å². The van der Waals surface area contributed by atoms with E-state index < -0.39 is 26.6 Å². The van der Waals surface area contributed by atoms with Gasteiger partial charge in [-0.1, -0.05) is 29.8 Å². The number of piperazine rings is 1. The van der Waals surface area contributed by atoms with Crippen LogP contribution in [0.5, 0.6) is 0 Å². The molecule has 1 aliphatic heterocycles. The number of carbonyl (C=O) groups is 1. The van der Waals surface area contributed by atoms with Crippen molar-refractivity contribution < 1.29 is 22.0 Å². The van der Waals surface area contributed by atoms with E-state index in [0.29, 0.717) is 16.7 Å². The van der Waals surface area contributed by atoms with Crippen LogP contribution in [0.15, 0.2) is 47.4 Å². The Balaban J connectivity index is 1.45. The van der Waals surface area contributed by atoms with Crippen LogP contribution >= 0.6 is 12.2 Å². The number of nitrogens with zero attached hydrogens (tertiary/aromatic N) is 4. The van der Waals surface area contributed by atoms with E-state index in [1.54, 1.807) is 4.57 Å². The second-order valence-electron chi connectivity index (χ2n) is 7.66. The molecular weight excluding hydrogens is 472 g/mol. The number of hydrogen-bond donors (Lipinski definition) is 1. The van der Waals surface area contributed by atoms with E-state index in [9.17, 15) is 22.0 Å². The van der Waals surface area contributed by atoms with E-state index in [0.717, 1.165) is 27.6 Å². The Morgan fingerprint density at radius 2 is 1.76 bits per heavy atom. The minimum absolute atomic E-state index is 0.00745. The second kappa shape index (κ2) is 9.12. The number of carbonyl (C=O) groups excluding carboxylic acids is 1. The van der Waals surface area contributed by atoms with Crippen LogP contribution < -0.4 is 0 Å². The summed E-state index contributed by atoms with van der Waals surface area (Å²) in [7, 11) is -4.14. The predicted octanol–water partition coefficient (Wildman–Crippen LogP) is 2.73. The van der Waals surface area contributed by atoms with Crippen molar-refractivity contribution in [1.82, 2.24) is 24.0 Å². The van der Waals surface area contributed by atoms with Crippen LogP contribution in [0.4, 0.5) is 8.78 Å². The molecule has 8 nitrogen and oxygen atoms in total. The highest BCUT2D eigenvalue weighted by Gasteiger charge is 2.32. The average molecular weight is 494 g/mol. The van der Waals surface area contributed by atoms with Gasteiger partial charge in [0.1, 0.15) is 23.1 Å². The first-order valence-electron chi connectivity index (χ1n) is 10.1. The van der Waals surface area contributed by atoms with Gasteiger partial charge in [-0.15, -0.1) is 0 Å². The van der Waals surface area contributed by atoms with E-state index in [2.05, 4.69) is 10.2 Å². The molecule has 1 N–H and O–H groups in total. The minimum Gasteiger partial charge on any atom is -0.338 e. The molecule has 1 amide bonds. The average Bonchev–Trinajstić information content (AvgIpc) is 3.14. The molecule has 1 fully saturated rings. The van der Waals surface area contributed by atoms with Crippen molar-refractivity contribution in [3.8, 4) is 11.4 Å². The summed E-state index contributed by atoms with van der Waals surface area (Å²) in [5, 5.41) is 6.94. The van der Waals surface area contributed by atoms with E-state index in [4.69, 9.17) is 12.2 Å². The first kappa shape index (κ1) is 23.2. The van der Waals surface area contributed by atoms with Crippen molar-refractivity contribution >= 4 is 28.1 Å². The van der Waals surface area contributed by atoms with E-state index in [1.807, 2.05) is 31.2 Å². The molecule has 2 heterocycles. The molecule has 0 saturated carbocycles. The molecule has 1 aromatic heterocycles. The van der Waals surface area contributed by atoms with Gasteiger partial charge in [0, 0.05) is 37.8 Å². The smallest absolute Gasteiger partial charge is 0.246 e. The van der Waals surface area contributed by atoms with Gasteiger partial charge in [-0.05, 0) is 31.3 Å².